The van der Waals surface area contributed by atoms with E-state index >= 15 is 0 Å². The van der Waals surface area contributed by atoms with E-state index in [1.54, 1.807) is 13.5 Å². The first-order valence-corrected chi connectivity index (χ1v) is 34.0. The van der Waals surface area contributed by atoms with Gasteiger partial charge in [-0.15, -0.1) is 0 Å². The van der Waals surface area contributed by atoms with Crippen molar-refractivity contribution < 1.29 is 44.4 Å². The smallest absolute Gasteiger partial charge is 0.371 e. The minimum absolute atomic E-state index is 0.115. The Labute approximate surface area is 521 Å². The summed E-state index contributed by atoms with van der Waals surface area (Å²) in [5.74, 6) is 0.556. The summed E-state index contributed by atoms with van der Waals surface area (Å²) in [4.78, 5) is 39.5. The number of carbonyl (C=O) groups excluding carboxylic acids is 3. The molecule has 0 bridgehead atoms. The number of sulfonamides is 2. The normalized spacial score (nSPS) is 21.5. The molecule has 29 heteroatoms. The third-order valence-electron chi connectivity index (χ3n) is 19.0. The van der Waals surface area contributed by atoms with Gasteiger partial charge in [0.25, 0.3) is 5.91 Å². The molecule has 4 aromatic carbocycles. The van der Waals surface area contributed by atoms with E-state index in [1.807, 2.05) is 68.8 Å². The molecule has 4 aromatic heterocycles. The highest BCUT2D eigenvalue weighted by Gasteiger charge is 2.49. The van der Waals surface area contributed by atoms with E-state index in [0.29, 0.717) is 84.0 Å². The van der Waals surface area contributed by atoms with Gasteiger partial charge in [0, 0.05) is 101 Å². The summed E-state index contributed by atoms with van der Waals surface area (Å²) in [5, 5.41) is 40.7. The quantitative estimate of drug-likeness (QED) is 0.0733. The molecule has 0 radical (unpaired) electrons. The van der Waals surface area contributed by atoms with Crippen molar-refractivity contribution in [2.24, 2.45) is 5.41 Å². The summed E-state index contributed by atoms with van der Waals surface area (Å²) in [6.45, 7) is 9.08. The van der Waals surface area contributed by atoms with E-state index in [4.69, 9.17) is 23.2 Å². The number of benzene rings is 4. The van der Waals surface area contributed by atoms with Crippen molar-refractivity contribution in [1.29, 1.82) is 0 Å². The van der Waals surface area contributed by atoms with Crippen LogP contribution in [0.25, 0.3) is 43.6 Å². The van der Waals surface area contributed by atoms with Crippen LogP contribution in [0.1, 0.15) is 113 Å². The molecular formula is C60H70Cl2F3N15O7S2. The molecule has 7 aliphatic rings. The number of carbonyl (C=O) groups is 3. The molecule has 1 saturated carbocycles. The second-order valence-corrected chi connectivity index (χ2v) is 30.1. The number of aromatic amines is 4. The summed E-state index contributed by atoms with van der Waals surface area (Å²) in [5.41, 5.74) is 4.99. The van der Waals surface area contributed by atoms with Crippen molar-refractivity contribution in [2.45, 2.75) is 119 Å². The Bertz CT molecular complexity index is 4220. The lowest BCUT2D eigenvalue weighted by atomic mass is 9.77. The summed E-state index contributed by atoms with van der Waals surface area (Å²) in [6.07, 6.45) is 12.3. The fourth-order valence-corrected chi connectivity index (χ4v) is 17.8. The van der Waals surface area contributed by atoms with Crippen LogP contribution in [-0.4, -0.2) is 159 Å². The van der Waals surface area contributed by atoms with Gasteiger partial charge in [0.2, 0.25) is 26.0 Å². The highest BCUT2D eigenvalue weighted by atomic mass is 35.5. The SMILES string of the molecule is CC1(C)CC(c2cccc3[nH]ncc23)CCN1S(C)(=O)=O.O=C1NC(=O)C2(CCN(c3cc(C(F)(F)F)cc4[nH]ncc34)CC2)N1.O=C1NCCC12CCN(c1cc(Cl)cc3[nH]ncc13)CC2.O=S(=O)(C1CC1)N1CCC(c2cc(Cl)cc3[nH]ncc23)CC1. The highest BCUT2D eigenvalue weighted by molar-refractivity contribution is 7.90. The first-order valence-electron chi connectivity index (χ1n) is 29.9. The van der Waals surface area contributed by atoms with Crippen LogP contribution >= 0.6 is 23.2 Å². The number of hydrogen-bond acceptors (Lipinski definition) is 13. The van der Waals surface area contributed by atoms with Gasteiger partial charge in [0.1, 0.15) is 5.54 Å². The zero-order chi connectivity index (χ0) is 62.8. The number of nitrogens with one attached hydrogen (secondary N) is 7. The molecule has 89 heavy (non-hydrogen) atoms. The van der Waals surface area contributed by atoms with E-state index in [1.165, 1.54) is 23.6 Å². The number of fused-ring (bicyclic) bond motifs is 4. The number of rotatable bonds is 7. The first-order chi connectivity index (χ1) is 42.3. The van der Waals surface area contributed by atoms with Gasteiger partial charge >= 0.3 is 12.2 Å². The number of urea groups is 1. The van der Waals surface area contributed by atoms with Gasteiger partial charge in [0.05, 0.1) is 69.3 Å². The van der Waals surface area contributed by atoms with Crippen LogP contribution in [0, 0.1) is 5.41 Å². The largest absolute Gasteiger partial charge is 0.416 e. The van der Waals surface area contributed by atoms with Crippen molar-refractivity contribution in [3.63, 3.8) is 0 Å². The molecule has 2 spiro atoms. The van der Waals surface area contributed by atoms with E-state index in [2.05, 4.69) is 67.7 Å². The van der Waals surface area contributed by atoms with Crippen molar-refractivity contribution >= 4 is 116 Å². The molecule has 6 aliphatic heterocycles. The number of halogens is 5. The Hall–Kier alpha value is -7.04. The number of hydrogen-bond donors (Lipinski definition) is 7. The monoisotopic (exact) mass is 1300 g/mol. The third kappa shape index (κ3) is 12.6. The fourth-order valence-electron chi connectivity index (χ4n) is 14.1. The average Bonchev–Trinajstić information content (AvgIpc) is 2.62. The number of anilines is 2. The zero-order valence-corrected chi connectivity index (χ0v) is 52.5. The topological polar surface area (TPSA) is 283 Å². The molecule has 474 valence electrons. The minimum atomic E-state index is -4.47. The Morgan fingerprint density at radius 2 is 1.13 bits per heavy atom. The van der Waals surface area contributed by atoms with Crippen molar-refractivity contribution in [2.75, 3.05) is 68.4 Å². The summed E-state index contributed by atoms with van der Waals surface area (Å²) < 4.78 is 91.2. The van der Waals surface area contributed by atoms with Gasteiger partial charge in [-0.2, -0.15) is 37.9 Å². The van der Waals surface area contributed by atoms with Crippen LogP contribution in [0.4, 0.5) is 29.3 Å². The van der Waals surface area contributed by atoms with E-state index in [0.717, 1.165) is 128 Å². The molecule has 8 aromatic rings. The molecule has 4 amide bonds. The average molecular weight is 1310 g/mol. The standard InChI is InChI=1S/C15H17ClN4O.C15H18ClN3O2S.C15H14F3N5O2.C15H21N3O2S/c16-10-7-12-11(9-18-19-12)13(8-10)20-5-2-15(3-6-20)1-4-17-14(15)21;16-11-7-13(14-9-17-18-15(14)8-11)10-3-5-19(6-4-10)22(20,21)12-1-2-12;16-15(17,18)8-5-10-9(7-19-22-10)11(6-8)23-3-1-14(2-4-23)12(24)20-13(25)21-14;1-15(2)9-11(7-8-18(15)21(3,19)20)12-5-4-6-14-13(12)10-16-17-14/h7-9H,1-6H2,(H,17,21)(H,18,19);7-10,12H,1-6H2,(H,17,18);5-7H,1-4H2,(H,19,22)(H2,20,21,24,25);4-6,10-11H,7-9H2,1-3H3,(H,16,17). The van der Waals surface area contributed by atoms with E-state index in [9.17, 15) is 44.4 Å². The molecule has 6 saturated heterocycles. The lowest BCUT2D eigenvalue weighted by Gasteiger charge is -2.44. The molecule has 1 unspecified atom stereocenters. The summed E-state index contributed by atoms with van der Waals surface area (Å²) in [7, 11) is -6.20. The van der Waals surface area contributed by atoms with Gasteiger partial charge in [0.15, 0.2) is 0 Å². The lowest BCUT2D eigenvalue weighted by Crippen LogP contribution is -2.55. The maximum Gasteiger partial charge on any atom is 0.416 e. The molecule has 15 rings (SSSR count). The molecule has 1 aliphatic carbocycles. The van der Waals surface area contributed by atoms with Crippen molar-refractivity contribution in [3.05, 3.63) is 106 Å². The second-order valence-electron chi connectivity index (χ2n) is 25.1. The van der Waals surface area contributed by atoms with Crippen LogP contribution < -0.4 is 25.8 Å². The van der Waals surface area contributed by atoms with Crippen LogP contribution in [0.15, 0.2) is 79.4 Å². The number of piperidine rings is 4. The lowest BCUT2D eigenvalue weighted by molar-refractivity contribution is -0.137. The molecule has 22 nitrogen and oxygen atoms in total. The number of imide groups is 1. The number of aromatic nitrogens is 8. The predicted octanol–water partition coefficient (Wildman–Crippen LogP) is 9.45. The molecule has 7 N–H and O–H groups in total. The van der Waals surface area contributed by atoms with Crippen molar-refractivity contribution in [3.8, 4) is 0 Å². The van der Waals surface area contributed by atoms with Crippen molar-refractivity contribution in [1.82, 2.24) is 65.4 Å². The zero-order valence-electron chi connectivity index (χ0n) is 49.3. The second kappa shape index (κ2) is 24.0. The maximum absolute atomic E-state index is 13.2. The number of H-pyrrole nitrogens is 4. The summed E-state index contributed by atoms with van der Waals surface area (Å²) >= 11 is 12.4. The molecular weight excluding hydrogens is 1230 g/mol. The van der Waals surface area contributed by atoms with Crippen LogP contribution in [0.2, 0.25) is 10.0 Å². The fraction of sp³-hybridized carbons (Fsp3) is 0.483. The Balaban J connectivity index is 0.000000116. The Morgan fingerprint density at radius 3 is 1.69 bits per heavy atom. The predicted molar refractivity (Wildman–Crippen MR) is 335 cm³/mol. The number of amides is 4. The molecule has 1 atom stereocenters. The Morgan fingerprint density at radius 1 is 0.596 bits per heavy atom. The maximum atomic E-state index is 13.2. The van der Waals surface area contributed by atoms with Gasteiger partial charge in [-0.3, -0.25) is 35.3 Å². The van der Waals surface area contributed by atoms with Gasteiger partial charge in [-0.05, 0) is 150 Å². The van der Waals surface area contributed by atoms with E-state index < -0.39 is 43.4 Å². The van der Waals surface area contributed by atoms with E-state index in [-0.39, 0.29) is 28.0 Å². The first kappa shape index (κ1) is 62.2. The molecule has 7 fully saturated rings. The Kier molecular flexibility index (Phi) is 16.7. The minimum Gasteiger partial charge on any atom is -0.371 e. The van der Waals surface area contributed by atoms with Gasteiger partial charge in [-0.1, -0.05) is 35.3 Å². The molecule has 10 heterocycles. The van der Waals surface area contributed by atoms with Gasteiger partial charge in [-0.25, -0.2) is 25.9 Å². The van der Waals surface area contributed by atoms with Crippen LogP contribution in [-0.2, 0) is 35.8 Å². The number of alkyl halides is 3. The van der Waals surface area contributed by atoms with Gasteiger partial charge < -0.3 is 20.4 Å². The van der Waals surface area contributed by atoms with Crippen LogP contribution in [0.5, 0.6) is 0 Å². The van der Waals surface area contributed by atoms with Crippen LogP contribution in [0.3, 0.4) is 0 Å². The summed E-state index contributed by atoms with van der Waals surface area (Å²) in [6, 6.07) is 15.5. The highest BCUT2D eigenvalue weighted by Crippen LogP contribution is 2.44. The third-order valence-corrected chi connectivity index (χ3v) is 23.3. The number of nitrogens with zero attached hydrogens (tertiary/aromatic N) is 8.